The average Bonchev–Trinajstić information content (AvgIpc) is 2.63. The summed E-state index contributed by atoms with van der Waals surface area (Å²) in [5, 5.41) is 24.5. The van der Waals surface area contributed by atoms with E-state index in [4.69, 9.17) is 0 Å². The Balaban J connectivity index is 1.80. The highest BCUT2D eigenvalue weighted by molar-refractivity contribution is 5.95. The lowest BCUT2D eigenvalue weighted by Gasteiger charge is -2.32. The maximum absolute atomic E-state index is 12.4. The fourth-order valence-electron chi connectivity index (χ4n) is 2.71. The molecule has 1 heterocycles. The van der Waals surface area contributed by atoms with Crippen molar-refractivity contribution < 1.29 is 14.6 Å². The summed E-state index contributed by atoms with van der Waals surface area (Å²) in [7, 11) is 1.74. The van der Waals surface area contributed by atoms with Crippen molar-refractivity contribution in [2.75, 3.05) is 11.9 Å². The van der Waals surface area contributed by atoms with E-state index in [-0.39, 0.29) is 16.9 Å². The molecule has 1 N–H and O–H groups in total. The largest absolute Gasteiger partial charge is 0.351 e. The van der Waals surface area contributed by atoms with Gasteiger partial charge >= 0.3 is 0 Å². The monoisotopic (exact) mass is 354 g/mol. The van der Waals surface area contributed by atoms with Crippen molar-refractivity contribution in [2.24, 2.45) is 0 Å². The number of nitro groups is 2. The van der Waals surface area contributed by atoms with Gasteiger partial charge in [-0.2, -0.15) is 0 Å². The van der Waals surface area contributed by atoms with Crippen LogP contribution in [0.4, 0.5) is 17.1 Å². The molecular weight excluding hydrogens is 340 g/mol. The minimum absolute atomic E-state index is 0.0131. The molecule has 2 aromatic carbocycles. The van der Waals surface area contributed by atoms with Crippen molar-refractivity contribution in [3.63, 3.8) is 0 Å². The molecule has 1 unspecified atom stereocenters. The van der Waals surface area contributed by atoms with Gasteiger partial charge in [0.2, 0.25) is 0 Å². The van der Waals surface area contributed by atoms with Crippen LogP contribution in [-0.2, 0) is 0 Å². The Hall–Kier alpha value is -3.75. The van der Waals surface area contributed by atoms with Crippen molar-refractivity contribution >= 4 is 29.0 Å². The van der Waals surface area contributed by atoms with Crippen LogP contribution in [-0.4, -0.2) is 29.0 Å². The summed E-state index contributed by atoms with van der Waals surface area (Å²) < 4.78 is 0. The second-order valence-corrected chi connectivity index (χ2v) is 5.70. The molecule has 0 bridgehead atoms. The Morgan fingerprint density at radius 3 is 2.46 bits per heavy atom. The summed E-state index contributed by atoms with van der Waals surface area (Å²) in [5.74, 6) is -0.458. The number of hydrogen-bond donors (Lipinski definition) is 1. The molecule has 1 atom stereocenters. The molecule has 1 aliphatic rings. The minimum Gasteiger partial charge on any atom is -0.351 e. The van der Waals surface area contributed by atoms with Crippen LogP contribution in [0.2, 0.25) is 0 Å². The highest BCUT2D eigenvalue weighted by atomic mass is 16.6. The molecule has 0 spiro atoms. The normalized spacial score (nSPS) is 15.3. The fourth-order valence-corrected chi connectivity index (χ4v) is 2.71. The van der Waals surface area contributed by atoms with Crippen LogP contribution in [0.15, 0.2) is 48.5 Å². The van der Waals surface area contributed by atoms with E-state index in [1.807, 2.05) is 0 Å². The van der Waals surface area contributed by atoms with Crippen molar-refractivity contribution in [2.45, 2.75) is 6.17 Å². The van der Waals surface area contributed by atoms with E-state index in [9.17, 15) is 25.0 Å². The topological polar surface area (TPSA) is 119 Å². The third-order valence-electron chi connectivity index (χ3n) is 4.08. The van der Waals surface area contributed by atoms with Gasteiger partial charge < -0.3 is 10.2 Å². The lowest BCUT2D eigenvalue weighted by molar-refractivity contribution is -0.385. The molecule has 26 heavy (non-hydrogen) atoms. The van der Waals surface area contributed by atoms with Gasteiger partial charge in [-0.15, -0.1) is 0 Å². The maximum Gasteiger partial charge on any atom is 0.270 e. The van der Waals surface area contributed by atoms with Crippen LogP contribution >= 0.6 is 0 Å². The SMILES string of the molecule is CN1c2ccc([N+](=O)[O-])cc2C=CC1NC(=O)c1cccc([N+](=O)[O-])c1. The maximum atomic E-state index is 12.4. The lowest BCUT2D eigenvalue weighted by atomic mass is 10.1. The van der Waals surface area contributed by atoms with E-state index in [0.29, 0.717) is 5.56 Å². The first-order valence-electron chi connectivity index (χ1n) is 7.61. The zero-order valence-corrected chi connectivity index (χ0v) is 13.7. The molecule has 9 nitrogen and oxygen atoms in total. The zero-order chi connectivity index (χ0) is 18.8. The van der Waals surface area contributed by atoms with Crippen LogP contribution in [0.1, 0.15) is 15.9 Å². The second-order valence-electron chi connectivity index (χ2n) is 5.70. The predicted octanol–water partition coefficient (Wildman–Crippen LogP) is 2.72. The number of carbonyl (C=O) groups is 1. The average molecular weight is 354 g/mol. The number of non-ortho nitro benzene ring substituents is 2. The van der Waals surface area contributed by atoms with E-state index < -0.39 is 21.9 Å². The van der Waals surface area contributed by atoms with Crippen molar-refractivity contribution in [1.82, 2.24) is 5.32 Å². The van der Waals surface area contributed by atoms with Gasteiger partial charge in [0.05, 0.1) is 9.85 Å². The van der Waals surface area contributed by atoms with Crippen molar-refractivity contribution in [1.29, 1.82) is 0 Å². The number of rotatable bonds is 4. The van der Waals surface area contributed by atoms with Gasteiger partial charge in [-0.25, -0.2) is 0 Å². The third kappa shape index (κ3) is 3.22. The van der Waals surface area contributed by atoms with Crippen molar-refractivity contribution in [3.05, 3.63) is 79.9 Å². The van der Waals surface area contributed by atoms with E-state index in [2.05, 4.69) is 5.32 Å². The smallest absolute Gasteiger partial charge is 0.270 e. The molecule has 3 rings (SSSR count). The van der Waals surface area contributed by atoms with Gasteiger partial charge in [-0.1, -0.05) is 12.1 Å². The molecule has 9 heteroatoms. The molecule has 132 valence electrons. The van der Waals surface area contributed by atoms with Crippen LogP contribution in [0.3, 0.4) is 0 Å². The highest BCUT2D eigenvalue weighted by Crippen LogP contribution is 2.30. The molecule has 0 saturated carbocycles. The van der Waals surface area contributed by atoms with Crippen LogP contribution in [0, 0.1) is 20.2 Å². The van der Waals surface area contributed by atoms with Crippen LogP contribution in [0.5, 0.6) is 0 Å². The van der Waals surface area contributed by atoms with Crippen LogP contribution in [0.25, 0.3) is 6.08 Å². The molecular formula is C17H14N4O5. The quantitative estimate of drug-likeness (QED) is 0.666. The summed E-state index contributed by atoms with van der Waals surface area (Å²) in [6, 6.07) is 9.93. The Bertz CT molecular complexity index is 941. The number of nitro benzene ring substituents is 2. The van der Waals surface area contributed by atoms with Gasteiger partial charge in [-0.05, 0) is 18.2 Å². The molecule has 0 saturated heterocycles. The number of carbonyl (C=O) groups excluding carboxylic acids is 1. The first-order chi connectivity index (χ1) is 12.4. The summed E-state index contributed by atoms with van der Waals surface area (Å²) in [6.07, 6.45) is 2.90. The van der Waals surface area contributed by atoms with Crippen LogP contribution < -0.4 is 10.2 Å². The first kappa shape index (κ1) is 17.1. The Morgan fingerprint density at radius 2 is 1.77 bits per heavy atom. The first-order valence-corrected chi connectivity index (χ1v) is 7.61. The van der Waals surface area contributed by atoms with Gasteiger partial charge in [-0.3, -0.25) is 25.0 Å². The van der Waals surface area contributed by atoms with Gasteiger partial charge in [0.15, 0.2) is 0 Å². The minimum atomic E-state index is -0.563. The summed E-state index contributed by atoms with van der Waals surface area (Å²) in [4.78, 5) is 34.8. The van der Waals surface area contributed by atoms with E-state index in [1.165, 1.54) is 36.4 Å². The Labute approximate surface area is 147 Å². The molecule has 0 radical (unpaired) electrons. The third-order valence-corrected chi connectivity index (χ3v) is 4.08. The Morgan fingerprint density at radius 1 is 1.08 bits per heavy atom. The summed E-state index contributed by atoms with van der Waals surface area (Å²) >= 11 is 0. The van der Waals surface area contributed by atoms with E-state index in [1.54, 1.807) is 30.2 Å². The van der Waals surface area contributed by atoms with E-state index in [0.717, 1.165) is 5.69 Å². The van der Waals surface area contributed by atoms with Gasteiger partial charge in [0.25, 0.3) is 17.3 Å². The lowest BCUT2D eigenvalue weighted by Crippen LogP contribution is -2.46. The second kappa shape index (κ2) is 6.63. The predicted molar refractivity (Wildman–Crippen MR) is 94.9 cm³/mol. The molecule has 2 aromatic rings. The number of amides is 1. The molecule has 1 aliphatic heterocycles. The summed E-state index contributed by atoms with van der Waals surface area (Å²) in [5.41, 5.74) is 1.39. The molecule has 1 amide bonds. The highest BCUT2D eigenvalue weighted by Gasteiger charge is 2.23. The number of nitrogens with one attached hydrogen (secondary N) is 1. The Kier molecular flexibility index (Phi) is 4.36. The number of nitrogens with zero attached hydrogens (tertiary/aromatic N) is 3. The standard InChI is InChI=1S/C17H14N4O5/c1-19-15-7-6-14(21(25)26)9-11(15)5-8-16(19)18-17(22)12-3-2-4-13(10-12)20(23)24/h2-10,16H,1H3,(H,18,22). The van der Waals surface area contributed by atoms with Gasteiger partial charge in [0.1, 0.15) is 6.17 Å². The number of benzene rings is 2. The number of hydrogen-bond acceptors (Lipinski definition) is 6. The molecule has 0 aliphatic carbocycles. The van der Waals surface area contributed by atoms with Crippen molar-refractivity contribution in [3.8, 4) is 0 Å². The molecule has 0 aromatic heterocycles. The number of likely N-dealkylation sites (N-methyl/N-ethyl adjacent to an activating group) is 1. The fraction of sp³-hybridized carbons (Fsp3) is 0.118. The summed E-state index contributed by atoms with van der Waals surface area (Å²) in [6.45, 7) is 0. The van der Waals surface area contributed by atoms with E-state index >= 15 is 0 Å². The number of fused-ring (bicyclic) bond motifs is 1. The van der Waals surface area contributed by atoms with Gasteiger partial charge in [0, 0.05) is 48.1 Å². The number of anilines is 1. The zero-order valence-electron chi connectivity index (χ0n) is 13.7. The molecule has 0 fully saturated rings.